The van der Waals surface area contributed by atoms with Gasteiger partial charge < -0.3 is 20.3 Å². The van der Waals surface area contributed by atoms with Gasteiger partial charge in [0.25, 0.3) is 0 Å². The first-order valence-corrected chi connectivity index (χ1v) is 7.63. The Morgan fingerprint density at radius 2 is 2.23 bits per heavy atom. The summed E-state index contributed by atoms with van der Waals surface area (Å²) in [5.41, 5.74) is 0.990. The lowest BCUT2D eigenvalue weighted by Gasteiger charge is -2.27. The van der Waals surface area contributed by atoms with Crippen molar-refractivity contribution in [3.63, 3.8) is 0 Å². The maximum Gasteiger partial charge on any atom is 0.318 e. The first kappa shape index (κ1) is 14.7. The molecule has 2 N–H and O–H groups in total. The van der Waals surface area contributed by atoms with Crippen molar-refractivity contribution in [1.29, 1.82) is 0 Å². The van der Waals surface area contributed by atoms with E-state index in [0.717, 1.165) is 24.2 Å². The van der Waals surface area contributed by atoms with Crippen LogP contribution in [0.1, 0.15) is 24.8 Å². The Morgan fingerprint density at radius 3 is 3.05 bits per heavy atom. The van der Waals surface area contributed by atoms with Gasteiger partial charge in [0, 0.05) is 25.6 Å². The van der Waals surface area contributed by atoms with Gasteiger partial charge >= 0.3 is 6.03 Å². The van der Waals surface area contributed by atoms with Gasteiger partial charge in [-0.15, -0.1) is 0 Å². The second-order valence-corrected chi connectivity index (χ2v) is 5.81. The van der Waals surface area contributed by atoms with Crippen LogP contribution < -0.4 is 15.4 Å². The molecule has 2 fully saturated rings. The zero-order valence-corrected chi connectivity index (χ0v) is 12.7. The average Bonchev–Trinajstić information content (AvgIpc) is 2.84. The lowest BCUT2D eigenvalue weighted by Crippen LogP contribution is -2.47. The molecule has 2 saturated heterocycles. The average molecular weight is 303 g/mol. The van der Waals surface area contributed by atoms with Crippen LogP contribution in [0.15, 0.2) is 24.3 Å². The summed E-state index contributed by atoms with van der Waals surface area (Å²) in [6, 6.07) is 7.68. The molecule has 0 saturated carbocycles. The Hall–Kier alpha value is -2.24. The molecular weight excluding hydrogens is 282 g/mol. The third-order valence-electron chi connectivity index (χ3n) is 4.39. The summed E-state index contributed by atoms with van der Waals surface area (Å²) >= 11 is 0. The van der Waals surface area contributed by atoms with E-state index in [1.807, 2.05) is 29.2 Å². The van der Waals surface area contributed by atoms with Crippen LogP contribution >= 0.6 is 0 Å². The summed E-state index contributed by atoms with van der Waals surface area (Å²) in [7, 11) is 1.62. The van der Waals surface area contributed by atoms with Crippen molar-refractivity contribution in [3.05, 3.63) is 29.8 Å². The number of carbonyl (C=O) groups is 2. The fraction of sp³-hybridized carbons (Fsp3) is 0.500. The number of hydrogen-bond donors (Lipinski definition) is 2. The summed E-state index contributed by atoms with van der Waals surface area (Å²) in [4.78, 5) is 25.9. The van der Waals surface area contributed by atoms with Crippen molar-refractivity contribution >= 4 is 11.9 Å². The van der Waals surface area contributed by atoms with Crippen molar-refractivity contribution in [1.82, 2.24) is 15.5 Å². The third kappa shape index (κ3) is 3.00. The minimum Gasteiger partial charge on any atom is -0.497 e. The molecule has 1 aromatic rings. The summed E-state index contributed by atoms with van der Waals surface area (Å²) in [6.45, 7) is 1.01. The Balaban J connectivity index is 1.63. The van der Waals surface area contributed by atoms with E-state index in [4.69, 9.17) is 4.74 Å². The van der Waals surface area contributed by atoms with Crippen LogP contribution in [0.25, 0.3) is 0 Å². The number of nitrogens with zero attached hydrogens (tertiary/aromatic N) is 1. The molecule has 6 nitrogen and oxygen atoms in total. The lowest BCUT2D eigenvalue weighted by atomic mass is 10.1. The van der Waals surface area contributed by atoms with Gasteiger partial charge in [-0.25, -0.2) is 4.79 Å². The summed E-state index contributed by atoms with van der Waals surface area (Å²) in [5.74, 6) is 0.814. The van der Waals surface area contributed by atoms with Crippen LogP contribution in [0.5, 0.6) is 5.75 Å². The maximum atomic E-state index is 12.5. The highest BCUT2D eigenvalue weighted by atomic mass is 16.5. The van der Waals surface area contributed by atoms with E-state index in [2.05, 4.69) is 10.6 Å². The molecule has 2 heterocycles. The second kappa shape index (κ2) is 6.25. The normalized spacial score (nSPS) is 23.7. The van der Waals surface area contributed by atoms with E-state index < -0.39 is 0 Å². The number of fused-ring (bicyclic) bond motifs is 2. The monoisotopic (exact) mass is 303 g/mol. The Labute approximate surface area is 129 Å². The van der Waals surface area contributed by atoms with Gasteiger partial charge in [0.1, 0.15) is 5.75 Å². The smallest absolute Gasteiger partial charge is 0.318 e. The van der Waals surface area contributed by atoms with Crippen LogP contribution in [0, 0.1) is 0 Å². The number of urea groups is 1. The molecule has 118 valence electrons. The number of ether oxygens (including phenoxy) is 1. The standard InChI is InChI=1S/C16H21N3O3/c1-22-14-4-2-3-11(7-14)9-18-16(21)19-12-5-6-13(19)10-17-15(20)8-12/h2-4,7,12-13H,5-6,8-10H2,1H3,(H,17,20)(H,18,21)/t12-,13+/m1/s1. The molecule has 3 rings (SSSR count). The first-order valence-electron chi connectivity index (χ1n) is 7.63. The summed E-state index contributed by atoms with van der Waals surface area (Å²) in [5, 5.41) is 5.83. The molecular formula is C16H21N3O3. The maximum absolute atomic E-state index is 12.5. The van der Waals surface area contributed by atoms with Gasteiger partial charge in [-0.1, -0.05) is 12.1 Å². The van der Waals surface area contributed by atoms with E-state index in [9.17, 15) is 9.59 Å². The number of methoxy groups -OCH3 is 1. The number of carbonyl (C=O) groups excluding carboxylic acids is 2. The molecule has 0 radical (unpaired) electrons. The van der Waals surface area contributed by atoms with Crippen molar-refractivity contribution in [2.75, 3.05) is 13.7 Å². The molecule has 0 aliphatic carbocycles. The molecule has 3 amide bonds. The van der Waals surface area contributed by atoms with Gasteiger partial charge in [0.2, 0.25) is 5.91 Å². The highest BCUT2D eigenvalue weighted by Gasteiger charge is 2.40. The van der Waals surface area contributed by atoms with E-state index in [0.29, 0.717) is 19.5 Å². The zero-order chi connectivity index (χ0) is 15.5. The summed E-state index contributed by atoms with van der Waals surface area (Å²) < 4.78 is 5.18. The van der Waals surface area contributed by atoms with Crippen molar-refractivity contribution in [2.24, 2.45) is 0 Å². The summed E-state index contributed by atoms with van der Waals surface area (Å²) in [6.07, 6.45) is 2.27. The number of hydrogen-bond acceptors (Lipinski definition) is 3. The largest absolute Gasteiger partial charge is 0.497 e. The van der Waals surface area contributed by atoms with Gasteiger partial charge in [-0.2, -0.15) is 0 Å². The predicted molar refractivity (Wildman–Crippen MR) is 81.5 cm³/mol. The van der Waals surface area contributed by atoms with E-state index in [1.54, 1.807) is 7.11 Å². The minimum absolute atomic E-state index is 0.0257. The van der Waals surface area contributed by atoms with Gasteiger partial charge in [0.05, 0.1) is 13.2 Å². The van der Waals surface area contributed by atoms with Crippen LogP contribution in [0.4, 0.5) is 4.79 Å². The second-order valence-electron chi connectivity index (χ2n) is 5.81. The molecule has 2 atom stereocenters. The molecule has 0 spiro atoms. The Morgan fingerprint density at radius 1 is 1.41 bits per heavy atom. The van der Waals surface area contributed by atoms with Gasteiger partial charge in [-0.05, 0) is 30.5 Å². The minimum atomic E-state index is -0.0909. The molecule has 0 aromatic heterocycles. The number of amides is 3. The molecule has 0 unspecified atom stereocenters. The van der Waals surface area contributed by atoms with Gasteiger partial charge in [0.15, 0.2) is 0 Å². The van der Waals surface area contributed by atoms with E-state index in [-0.39, 0.29) is 24.0 Å². The number of rotatable bonds is 3. The van der Waals surface area contributed by atoms with Crippen molar-refractivity contribution in [2.45, 2.75) is 37.9 Å². The number of benzene rings is 1. The quantitative estimate of drug-likeness (QED) is 0.883. The fourth-order valence-electron chi connectivity index (χ4n) is 3.26. The van der Waals surface area contributed by atoms with E-state index >= 15 is 0 Å². The first-order chi connectivity index (χ1) is 10.7. The predicted octanol–water partition coefficient (Wildman–Crippen LogP) is 1.26. The van der Waals surface area contributed by atoms with E-state index in [1.165, 1.54) is 0 Å². The number of nitrogens with one attached hydrogen (secondary N) is 2. The Bertz CT molecular complexity index is 576. The third-order valence-corrected chi connectivity index (χ3v) is 4.39. The van der Waals surface area contributed by atoms with Gasteiger partial charge in [-0.3, -0.25) is 4.79 Å². The fourth-order valence-corrected chi connectivity index (χ4v) is 3.26. The molecule has 2 aliphatic rings. The van der Waals surface area contributed by atoms with Crippen LogP contribution in [0.3, 0.4) is 0 Å². The Kier molecular flexibility index (Phi) is 4.18. The molecule has 22 heavy (non-hydrogen) atoms. The molecule has 2 aliphatic heterocycles. The van der Waals surface area contributed by atoms with Crippen molar-refractivity contribution in [3.8, 4) is 5.75 Å². The van der Waals surface area contributed by atoms with Crippen LogP contribution in [0.2, 0.25) is 0 Å². The molecule has 1 aromatic carbocycles. The SMILES string of the molecule is COc1cccc(CNC(=O)N2[C@@H]3CC[C@H]2CNC(=O)C3)c1. The van der Waals surface area contributed by atoms with Crippen LogP contribution in [-0.4, -0.2) is 42.6 Å². The zero-order valence-electron chi connectivity index (χ0n) is 12.7. The van der Waals surface area contributed by atoms with Crippen LogP contribution in [-0.2, 0) is 11.3 Å². The highest BCUT2D eigenvalue weighted by molar-refractivity contribution is 5.81. The lowest BCUT2D eigenvalue weighted by molar-refractivity contribution is -0.121. The molecule has 6 heteroatoms. The van der Waals surface area contributed by atoms with Crippen molar-refractivity contribution < 1.29 is 14.3 Å². The molecule has 2 bridgehead atoms. The highest BCUT2D eigenvalue weighted by Crippen LogP contribution is 2.28. The topological polar surface area (TPSA) is 70.7 Å².